The van der Waals surface area contributed by atoms with Crippen LogP contribution in [0, 0.1) is 0 Å². The van der Waals surface area contributed by atoms with Crippen molar-refractivity contribution in [1.29, 1.82) is 0 Å². The molecule has 0 spiro atoms. The van der Waals surface area contributed by atoms with Crippen molar-refractivity contribution >= 4 is 17.7 Å². The quantitative estimate of drug-likeness (QED) is 0.796. The zero-order valence-corrected chi connectivity index (χ0v) is 10.3. The Kier molecular flexibility index (Phi) is 5.42. The molecule has 2 unspecified atom stereocenters. The zero-order chi connectivity index (χ0) is 12.0. The van der Waals surface area contributed by atoms with Crippen molar-refractivity contribution in [3.63, 3.8) is 0 Å². The third kappa shape index (κ3) is 4.28. The topological polar surface area (TPSA) is 62.5 Å². The van der Waals surface area contributed by atoms with Crippen molar-refractivity contribution < 1.29 is 14.3 Å². The molecule has 4 nitrogen and oxygen atoms in total. The molecule has 0 aliphatic carbocycles. The normalized spacial score (nSPS) is 14.4. The summed E-state index contributed by atoms with van der Waals surface area (Å²) in [7, 11) is 0. The molecular formula is C11H17NO3S. The Morgan fingerprint density at radius 3 is 2.94 bits per heavy atom. The van der Waals surface area contributed by atoms with E-state index in [2.05, 4.69) is 5.32 Å². The second kappa shape index (κ2) is 6.60. The highest BCUT2D eigenvalue weighted by atomic mass is 32.2. The number of carbonyl (C=O) groups excluding carboxylic acids is 1. The minimum absolute atomic E-state index is 0.0470. The number of nitrogens with one attached hydrogen (secondary N) is 1. The van der Waals surface area contributed by atoms with Gasteiger partial charge in [-0.2, -0.15) is 0 Å². The summed E-state index contributed by atoms with van der Waals surface area (Å²) in [6, 6.07) is 3.50. The predicted molar refractivity (Wildman–Crippen MR) is 64.3 cm³/mol. The molecular weight excluding hydrogens is 226 g/mol. The lowest BCUT2D eigenvalue weighted by Crippen LogP contribution is -2.28. The van der Waals surface area contributed by atoms with Crippen LogP contribution < -0.4 is 5.32 Å². The van der Waals surface area contributed by atoms with E-state index in [0.717, 1.165) is 5.76 Å². The molecule has 0 saturated carbocycles. The summed E-state index contributed by atoms with van der Waals surface area (Å²) in [5.74, 6) is 1.05. The van der Waals surface area contributed by atoms with Crippen molar-refractivity contribution in [1.82, 2.24) is 5.32 Å². The standard InChI is InChI=1S/C11H17NO3S/c1-8(6-13)16-7-11(14)12-9(2)10-4-3-5-15-10/h3-5,8-9,13H,6-7H2,1-2H3,(H,12,14). The minimum atomic E-state index is -0.118. The van der Waals surface area contributed by atoms with Gasteiger partial charge < -0.3 is 14.8 Å². The number of aliphatic hydroxyl groups is 1. The Morgan fingerprint density at radius 1 is 1.62 bits per heavy atom. The van der Waals surface area contributed by atoms with Crippen LogP contribution in [0.25, 0.3) is 0 Å². The SMILES string of the molecule is CC(CO)SCC(=O)NC(C)c1ccco1. The van der Waals surface area contributed by atoms with E-state index >= 15 is 0 Å². The van der Waals surface area contributed by atoms with E-state index < -0.39 is 0 Å². The van der Waals surface area contributed by atoms with Gasteiger partial charge >= 0.3 is 0 Å². The Labute approximate surface area is 99.4 Å². The Balaban J connectivity index is 2.29. The highest BCUT2D eigenvalue weighted by molar-refractivity contribution is 8.00. The van der Waals surface area contributed by atoms with Crippen molar-refractivity contribution in [2.75, 3.05) is 12.4 Å². The maximum atomic E-state index is 11.5. The summed E-state index contributed by atoms with van der Waals surface area (Å²) in [5.41, 5.74) is 0. The zero-order valence-electron chi connectivity index (χ0n) is 9.47. The van der Waals surface area contributed by atoms with Gasteiger partial charge in [0.05, 0.1) is 24.7 Å². The monoisotopic (exact) mass is 243 g/mol. The summed E-state index contributed by atoms with van der Waals surface area (Å²) < 4.78 is 5.18. The van der Waals surface area contributed by atoms with E-state index in [4.69, 9.17) is 9.52 Å². The number of carbonyl (C=O) groups is 1. The van der Waals surface area contributed by atoms with Crippen molar-refractivity contribution in [3.05, 3.63) is 24.2 Å². The van der Waals surface area contributed by atoms with Crippen molar-refractivity contribution in [3.8, 4) is 0 Å². The molecule has 0 bridgehead atoms. The smallest absolute Gasteiger partial charge is 0.230 e. The van der Waals surface area contributed by atoms with Crippen LogP contribution in [-0.2, 0) is 4.79 Å². The van der Waals surface area contributed by atoms with Crippen LogP contribution in [0.2, 0.25) is 0 Å². The Hall–Kier alpha value is -0.940. The second-order valence-electron chi connectivity index (χ2n) is 3.61. The van der Waals surface area contributed by atoms with Crippen LogP contribution in [-0.4, -0.2) is 28.6 Å². The van der Waals surface area contributed by atoms with Gasteiger partial charge in [0.15, 0.2) is 0 Å². The van der Waals surface area contributed by atoms with Crippen LogP contribution >= 0.6 is 11.8 Å². The summed E-state index contributed by atoms with van der Waals surface area (Å²) in [6.45, 7) is 3.84. The lowest BCUT2D eigenvalue weighted by molar-refractivity contribution is -0.119. The molecule has 1 aromatic rings. The molecule has 0 fully saturated rings. The fourth-order valence-corrected chi connectivity index (χ4v) is 1.79. The molecule has 0 aliphatic rings. The third-order valence-corrected chi connectivity index (χ3v) is 3.25. The first-order valence-corrected chi connectivity index (χ1v) is 6.23. The molecule has 90 valence electrons. The summed E-state index contributed by atoms with van der Waals surface area (Å²) in [5, 5.41) is 11.7. The predicted octanol–water partition coefficient (Wildman–Crippen LogP) is 1.57. The summed E-state index contributed by atoms with van der Waals surface area (Å²) >= 11 is 1.43. The lowest BCUT2D eigenvalue weighted by atomic mass is 10.2. The molecule has 0 aromatic carbocycles. The highest BCUT2D eigenvalue weighted by Crippen LogP contribution is 2.13. The first kappa shape index (κ1) is 13.1. The molecule has 1 amide bonds. The van der Waals surface area contributed by atoms with E-state index in [0.29, 0.717) is 5.75 Å². The van der Waals surface area contributed by atoms with Gasteiger partial charge in [0, 0.05) is 5.25 Å². The molecule has 2 atom stereocenters. The molecule has 16 heavy (non-hydrogen) atoms. The molecule has 0 saturated heterocycles. The largest absolute Gasteiger partial charge is 0.467 e. The third-order valence-electron chi connectivity index (χ3n) is 2.10. The van der Waals surface area contributed by atoms with E-state index in [1.54, 1.807) is 12.3 Å². The van der Waals surface area contributed by atoms with E-state index in [1.165, 1.54) is 11.8 Å². The van der Waals surface area contributed by atoms with Gasteiger partial charge in [-0.3, -0.25) is 4.79 Å². The number of rotatable bonds is 6. The molecule has 1 aromatic heterocycles. The van der Waals surface area contributed by atoms with Gasteiger partial charge in [-0.15, -0.1) is 11.8 Å². The summed E-state index contributed by atoms with van der Waals surface area (Å²) in [4.78, 5) is 11.5. The van der Waals surface area contributed by atoms with Crippen LogP contribution in [0.3, 0.4) is 0 Å². The van der Waals surface area contributed by atoms with E-state index in [9.17, 15) is 4.79 Å². The van der Waals surface area contributed by atoms with Crippen LogP contribution in [0.4, 0.5) is 0 Å². The fraction of sp³-hybridized carbons (Fsp3) is 0.545. The Bertz CT molecular complexity index is 313. The molecule has 0 radical (unpaired) electrons. The average molecular weight is 243 g/mol. The van der Waals surface area contributed by atoms with Gasteiger partial charge in [-0.05, 0) is 19.1 Å². The maximum absolute atomic E-state index is 11.5. The minimum Gasteiger partial charge on any atom is -0.467 e. The van der Waals surface area contributed by atoms with Crippen molar-refractivity contribution in [2.24, 2.45) is 0 Å². The number of furan rings is 1. The maximum Gasteiger partial charge on any atom is 0.230 e. The van der Waals surface area contributed by atoms with Gasteiger partial charge in [0.25, 0.3) is 0 Å². The number of hydrogen-bond acceptors (Lipinski definition) is 4. The molecule has 1 rings (SSSR count). The van der Waals surface area contributed by atoms with Gasteiger partial charge in [0.2, 0.25) is 5.91 Å². The molecule has 1 heterocycles. The van der Waals surface area contributed by atoms with Gasteiger partial charge in [-0.1, -0.05) is 6.92 Å². The van der Waals surface area contributed by atoms with Crippen LogP contribution in [0.1, 0.15) is 25.6 Å². The van der Waals surface area contributed by atoms with Gasteiger partial charge in [0.1, 0.15) is 5.76 Å². The average Bonchev–Trinajstić information content (AvgIpc) is 2.79. The molecule has 2 N–H and O–H groups in total. The van der Waals surface area contributed by atoms with Crippen LogP contribution in [0.15, 0.2) is 22.8 Å². The first-order valence-electron chi connectivity index (χ1n) is 5.18. The second-order valence-corrected chi connectivity index (χ2v) is 5.04. The molecule has 0 aliphatic heterocycles. The Morgan fingerprint density at radius 2 is 2.38 bits per heavy atom. The van der Waals surface area contributed by atoms with Gasteiger partial charge in [-0.25, -0.2) is 0 Å². The number of hydrogen-bond donors (Lipinski definition) is 2. The molecule has 5 heteroatoms. The lowest BCUT2D eigenvalue weighted by Gasteiger charge is -2.12. The van der Waals surface area contributed by atoms with E-state index in [1.807, 2.05) is 19.9 Å². The number of thioether (sulfide) groups is 1. The highest BCUT2D eigenvalue weighted by Gasteiger charge is 2.12. The first-order chi connectivity index (χ1) is 7.63. The fourth-order valence-electron chi connectivity index (χ4n) is 1.16. The van der Waals surface area contributed by atoms with Crippen LogP contribution in [0.5, 0.6) is 0 Å². The van der Waals surface area contributed by atoms with Crippen molar-refractivity contribution in [2.45, 2.75) is 25.1 Å². The summed E-state index contributed by atoms with van der Waals surface area (Å²) in [6.07, 6.45) is 1.58. The number of amides is 1. The number of aliphatic hydroxyl groups excluding tert-OH is 1. The van der Waals surface area contributed by atoms with E-state index in [-0.39, 0.29) is 23.8 Å².